The van der Waals surface area contributed by atoms with Gasteiger partial charge in [-0.05, 0) is 30.9 Å². The largest absolute Gasteiger partial charge is 0.340 e. The van der Waals surface area contributed by atoms with Gasteiger partial charge in [-0.25, -0.2) is 0 Å². The van der Waals surface area contributed by atoms with Crippen LogP contribution >= 0.6 is 0 Å². The van der Waals surface area contributed by atoms with Gasteiger partial charge in [0.1, 0.15) is 6.04 Å². The van der Waals surface area contributed by atoms with E-state index in [0.717, 1.165) is 25.8 Å². The Hall–Kier alpha value is -1.88. The molecule has 1 fully saturated rings. The number of piperidine rings is 1. The molecular weight excluding hydrogens is 290 g/mol. The maximum Gasteiger partial charge on any atom is 0.251 e. The lowest BCUT2D eigenvalue weighted by molar-refractivity contribution is -0.135. The lowest BCUT2D eigenvalue weighted by atomic mass is 9.96. The van der Waals surface area contributed by atoms with Gasteiger partial charge in [-0.15, -0.1) is 0 Å². The van der Waals surface area contributed by atoms with E-state index in [9.17, 15) is 9.59 Å². The first kappa shape index (κ1) is 17.5. The quantitative estimate of drug-likeness (QED) is 0.869. The molecule has 0 radical (unpaired) electrons. The molecule has 0 aromatic heterocycles. The molecule has 3 atom stereocenters. The van der Waals surface area contributed by atoms with Gasteiger partial charge < -0.3 is 16.0 Å². The number of carbonyl (C=O) groups excluding carboxylic acids is 2. The van der Waals surface area contributed by atoms with Crippen LogP contribution in [0.1, 0.15) is 43.5 Å². The van der Waals surface area contributed by atoms with Crippen molar-refractivity contribution < 1.29 is 9.59 Å². The second kappa shape index (κ2) is 8.11. The van der Waals surface area contributed by atoms with E-state index in [2.05, 4.69) is 5.32 Å². The zero-order valence-corrected chi connectivity index (χ0v) is 14.0. The van der Waals surface area contributed by atoms with Gasteiger partial charge in [0, 0.05) is 24.7 Å². The van der Waals surface area contributed by atoms with Crippen LogP contribution in [0.3, 0.4) is 0 Å². The Kier molecular flexibility index (Phi) is 6.16. The Bertz CT molecular complexity index is 532. The Labute approximate surface area is 138 Å². The molecular formula is C18H27N3O2. The van der Waals surface area contributed by atoms with E-state index in [4.69, 9.17) is 5.73 Å². The van der Waals surface area contributed by atoms with Crippen molar-refractivity contribution in [3.63, 3.8) is 0 Å². The zero-order chi connectivity index (χ0) is 16.8. The molecule has 1 aliphatic heterocycles. The Balaban J connectivity index is 2.10. The van der Waals surface area contributed by atoms with Gasteiger partial charge >= 0.3 is 0 Å². The SMILES string of the molecule is CCC(C)C(NC(=O)c1ccccc1)C(=O)N1CCCC(N)C1. The van der Waals surface area contributed by atoms with Gasteiger partial charge in [0.2, 0.25) is 5.91 Å². The molecule has 1 aliphatic rings. The minimum atomic E-state index is -0.502. The number of rotatable bonds is 5. The molecule has 3 N–H and O–H groups in total. The lowest BCUT2D eigenvalue weighted by Gasteiger charge is -2.35. The second-order valence-corrected chi connectivity index (χ2v) is 6.39. The molecule has 126 valence electrons. The Morgan fingerprint density at radius 1 is 1.35 bits per heavy atom. The molecule has 0 bridgehead atoms. The van der Waals surface area contributed by atoms with Crippen molar-refractivity contribution in [2.75, 3.05) is 13.1 Å². The van der Waals surface area contributed by atoms with Crippen LogP contribution in [-0.4, -0.2) is 41.9 Å². The summed E-state index contributed by atoms with van der Waals surface area (Å²) in [7, 11) is 0. The maximum atomic E-state index is 12.9. The summed E-state index contributed by atoms with van der Waals surface area (Å²) >= 11 is 0. The van der Waals surface area contributed by atoms with Gasteiger partial charge in [0.25, 0.3) is 5.91 Å². The summed E-state index contributed by atoms with van der Waals surface area (Å²) in [6.07, 6.45) is 2.70. The van der Waals surface area contributed by atoms with Crippen molar-refractivity contribution in [3.05, 3.63) is 35.9 Å². The summed E-state index contributed by atoms with van der Waals surface area (Å²) in [6.45, 7) is 5.33. The summed E-state index contributed by atoms with van der Waals surface area (Å²) < 4.78 is 0. The van der Waals surface area contributed by atoms with E-state index in [1.54, 1.807) is 17.0 Å². The third-order valence-electron chi connectivity index (χ3n) is 4.57. The minimum Gasteiger partial charge on any atom is -0.340 e. The molecule has 2 rings (SSSR count). The topological polar surface area (TPSA) is 75.4 Å². The molecule has 0 saturated carbocycles. The van der Waals surface area contributed by atoms with E-state index in [1.807, 2.05) is 32.0 Å². The predicted octanol–water partition coefficient (Wildman–Crippen LogP) is 1.78. The van der Waals surface area contributed by atoms with Gasteiger partial charge in [-0.2, -0.15) is 0 Å². The van der Waals surface area contributed by atoms with Crippen LogP contribution in [0.5, 0.6) is 0 Å². The second-order valence-electron chi connectivity index (χ2n) is 6.39. The summed E-state index contributed by atoms with van der Waals surface area (Å²) in [6, 6.07) is 8.54. The van der Waals surface area contributed by atoms with Crippen molar-refractivity contribution in [1.29, 1.82) is 0 Å². The van der Waals surface area contributed by atoms with E-state index >= 15 is 0 Å². The maximum absolute atomic E-state index is 12.9. The highest BCUT2D eigenvalue weighted by atomic mass is 16.2. The number of hydrogen-bond donors (Lipinski definition) is 2. The molecule has 5 nitrogen and oxygen atoms in total. The molecule has 2 amide bonds. The fourth-order valence-electron chi connectivity index (χ4n) is 2.90. The number of hydrogen-bond acceptors (Lipinski definition) is 3. The molecule has 1 aromatic carbocycles. The standard InChI is InChI=1S/C18H27N3O2/c1-3-13(2)16(18(23)21-11-7-10-15(19)12-21)20-17(22)14-8-5-4-6-9-14/h4-6,8-9,13,15-16H,3,7,10-12,19H2,1-2H3,(H,20,22). The molecule has 1 saturated heterocycles. The van der Waals surface area contributed by atoms with Crippen LogP contribution in [-0.2, 0) is 4.79 Å². The van der Waals surface area contributed by atoms with Crippen LogP contribution in [0.15, 0.2) is 30.3 Å². The number of amides is 2. The lowest BCUT2D eigenvalue weighted by Crippen LogP contribution is -2.55. The third kappa shape index (κ3) is 4.55. The van der Waals surface area contributed by atoms with Gasteiger partial charge in [-0.3, -0.25) is 9.59 Å². The molecule has 1 heterocycles. The number of nitrogens with one attached hydrogen (secondary N) is 1. The molecule has 1 aromatic rings. The van der Waals surface area contributed by atoms with Crippen molar-refractivity contribution >= 4 is 11.8 Å². The van der Waals surface area contributed by atoms with E-state index in [-0.39, 0.29) is 23.8 Å². The molecule has 5 heteroatoms. The highest BCUT2D eigenvalue weighted by molar-refractivity contribution is 5.97. The van der Waals surface area contributed by atoms with Crippen LogP contribution in [0.4, 0.5) is 0 Å². The number of carbonyl (C=O) groups is 2. The Morgan fingerprint density at radius 3 is 2.65 bits per heavy atom. The number of benzene rings is 1. The van der Waals surface area contributed by atoms with E-state index in [0.29, 0.717) is 12.1 Å². The van der Waals surface area contributed by atoms with Crippen LogP contribution in [0.2, 0.25) is 0 Å². The first-order chi connectivity index (χ1) is 11.0. The van der Waals surface area contributed by atoms with E-state index < -0.39 is 6.04 Å². The summed E-state index contributed by atoms with van der Waals surface area (Å²) in [5, 5.41) is 2.92. The number of nitrogens with two attached hydrogens (primary N) is 1. The highest BCUT2D eigenvalue weighted by Gasteiger charge is 2.32. The molecule has 0 spiro atoms. The van der Waals surface area contributed by atoms with Crippen molar-refractivity contribution in [2.45, 2.75) is 45.2 Å². The van der Waals surface area contributed by atoms with Gasteiger partial charge in [0.05, 0.1) is 0 Å². The van der Waals surface area contributed by atoms with Crippen molar-refractivity contribution in [2.24, 2.45) is 11.7 Å². The van der Waals surface area contributed by atoms with Gasteiger partial charge in [0.15, 0.2) is 0 Å². The highest BCUT2D eigenvalue weighted by Crippen LogP contribution is 2.16. The Morgan fingerprint density at radius 2 is 2.04 bits per heavy atom. The van der Waals surface area contributed by atoms with Crippen molar-refractivity contribution in [3.8, 4) is 0 Å². The fourth-order valence-corrected chi connectivity index (χ4v) is 2.90. The summed E-state index contributed by atoms with van der Waals surface area (Å²) in [4.78, 5) is 27.1. The third-order valence-corrected chi connectivity index (χ3v) is 4.57. The average molecular weight is 317 g/mol. The predicted molar refractivity (Wildman–Crippen MR) is 90.9 cm³/mol. The first-order valence-electron chi connectivity index (χ1n) is 8.43. The van der Waals surface area contributed by atoms with E-state index in [1.165, 1.54) is 0 Å². The van der Waals surface area contributed by atoms with Crippen LogP contribution in [0.25, 0.3) is 0 Å². The fraction of sp³-hybridized carbons (Fsp3) is 0.556. The van der Waals surface area contributed by atoms with Crippen LogP contribution in [0, 0.1) is 5.92 Å². The molecule has 3 unspecified atom stereocenters. The van der Waals surface area contributed by atoms with Crippen molar-refractivity contribution in [1.82, 2.24) is 10.2 Å². The molecule has 0 aliphatic carbocycles. The number of likely N-dealkylation sites (tertiary alicyclic amines) is 1. The number of nitrogens with zero attached hydrogens (tertiary/aromatic N) is 1. The summed E-state index contributed by atoms with van der Waals surface area (Å²) in [5.74, 6) is -0.141. The first-order valence-corrected chi connectivity index (χ1v) is 8.43. The van der Waals surface area contributed by atoms with Gasteiger partial charge in [-0.1, -0.05) is 38.5 Å². The smallest absolute Gasteiger partial charge is 0.251 e. The minimum absolute atomic E-state index is 0.0150. The monoisotopic (exact) mass is 317 g/mol. The zero-order valence-electron chi connectivity index (χ0n) is 14.0. The normalized spacial score (nSPS) is 20.7. The summed E-state index contributed by atoms with van der Waals surface area (Å²) in [5.41, 5.74) is 6.56. The molecule has 23 heavy (non-hydrogen) atoms. The van der Waals surface area contributed by atoms with Crippen LogP contribution < -0.4 is 11.1 Å². The average Bonchev–Trinajstić information content (AvgIpc) is 2.59.